The Labute approximate surface area is 158 Å². The summed E-state index contributed by atoms with van der Waals surface area (Å²) >= 11 is 0. The van der Waals surface area contributed by atoms with Crippen molar-refractivity contribution >= 4 is 28.0 Å². The summed E-state index contributed by atoms with van der Waals surface area (Å²) < 4.78 is 4.77. The van der Waals surface area contributed by atoms with Crippen LogP contribution in [0.1, 0.15) is 10.4 Å². The number of ether oxygens (including phenoxy) is 1. The van der Waals surface area contributed by atoms with Gasteiger partial charge in [-0.15, -0.1) is 0 Å². The third kappa shape index (κ3) is 2.59. The largest absolute Gasteiger partial charge is 0.465 e. The predicted molar refractivity (Wildman–Crippen MR) is 104 cm³/mol. The molecule has 0 aliphatic rings. The van der Waals surface area contributed by atoms with Crippen LogP contribution in [-0.2, 0) is 4.74 Å². The van der Waals surface area contributed by atoms with E-state index in [1.807, 2.05) is 18.2 Å². The number of methoxy groups -OCH3 is 1. The van der Waals surface area contributed by atoms with Crippen LogP contribution >= 0.6 is 0 Å². The van der Waals surface area contributed by atoms with Gasteiger partial charge < -0.3 is 9.72 Å². The molecule has 2 N–H and O–H groups in total. The van der Waals surface area contributed by atoms with E-state index in [1.165, 1.54) is 7.11 Å². The summed E-state index contributed by atoms with van der Waals surface area (Å²) in [5, 5.41) is 8.16. The summed E-state index contributed by atoms with van der Waals surface area (Å²) in [6.45, 7) is 0. The fraction of sp³-hybridized carbons (Fsp3) is 0.0500. The Morgan fingerprint density at radius 1 is 1.11 bits per heavy atom. The number of rotatable bonds is 3. The first kappa shape index (κ1) is 16.1. The SMILES string of the molecule is COC(=O)c1ccc2[nH]c(-c3n[nH]c4ncc(-c5cccnc5)cc34)nc2c1. The molecule has 1 aromatic carbocycles. The number of H-pyrrole nitrogens is 2. The van der Waals surface area contributed by atoms with E-state index in [9.17, 15) is 4.79 Å². The molecular weight excluding hydrogens is 356 g/mol. The second-order valence-corrected chi connectivity index (χ2v) is 6.24. The number of aromatic nitrogens is 6. The Balaban J connectivity index is 1.63. The highest BCUT2D eigenvalue weighted by atomic mass is 16.5. The van der Waals surface area contributed by atoms with Crippen molar-refractivity contribution in [3.8, 4) is 22.6 Å². The van der Waals surface area contributed by atoms with Gasteiger partial charge in [0, 0.05) is 29.7 Å². The summed E-state index contributed by atoms with van der Waals surface area (Å²) in [7, 11) is 1.35. The Morgan fingerprint density at radius 3 is 2.86 bits per heavy atom. The normalized spacial score (nSPS) is 11.2. The van der Waals surface area contributed by atoms with Crippen LogP contribution in [0.15, 0.2) is 55.0 Å². The molecule has 8 heteroatoms. The molecule has 4 aromatic heterocycles. The molecule has 5 aromatic rings. The van der Waals surface area contributed by atoms with Crippen molar-refractivity contribution in [2.45, 2.75) is 0 Å². The van der Waals surface area contributed by atoms with Gasteiger partial charge in [-0.2, -0.15) is 5.10 Å². The lowest BCUT2D eigenvalue weighted by molar-refractivity contribution is 0.0601. The van der Waals surface area contributed by atoms with Crippen molar-refractivity contribution in [3.63, 3.8) is 0 Å². The van der Waals surface area contributed by atoms with Gasteiger partial charge in [0.1, 0.15) is 5.69 Å². The molecule has 8 nitrogen and oxygen atoms in total. The summed E-state index contributed by atoms with van der Waals surface area (Å²) in [5.41, 5.74) is 5.13. The van der Waals surface area contributed by atoms with Crippen molar-refractivity contribution in [2.75, 3.05) is 7.11 Å². The van der Waals surface area contributed by atoms with E-state index in [0.717, 1.165) is 22.0 Å². The quantitative estimate of drug-likeness (QED) is 0.471. The van der Waals surface area contributed by atoms with Crippen LogP contribution in [0.3, 0.4) is 0 Å². The molecule has 0 fully saturated rings. The van der Waals surface area contributed by atoms with Gasteiger partial charge in [-0.1, -0.05) is 6.07 Å². The van der Waals surface area contributed by atoms with Crippen LogP contribution in [0.4, 0.5) is 0 Å². The molecule has 4 heterocycles. The zero-order valence-corrected chi connectivity index (χ0v) is 14.8. The van der Waals surface area contributed by atoms with Crippen molar-refractivity contribution in [1.82, 2.24) is 30.1 Å². The molecule has 0 aliphatic heterocycles. The minimum atomic E-state index is -0.401. The number of benzene rings is 1. The standard InChI is InChI=1S/C20H14N6O2/c1-28-20(27)11-4-5-15-16(8-11)24-19(23-15)17-14-7-13(10-22-18(14)26-25-17)12-3-2-6-21-9-12/h2-10H,1H3,(H,23,24)(H,22,25,26). The Morgan fingerprint density at radius 2 is 2.04 bits per heavy atom. The van der Waals surface area contributed by atoms with Crippen LogP contribution < -0.4 is 0 Å². The lowest BCUT2D eigenvalue weighted by atomic mass is 10.1. The van der Waals surface area contributed by atoms with Crippen molar-refractivity contribution in [3.05, 3.63) is 60.6 Å². The number of esters is 1. The highest BCUT2D eigenvalue weighted by Crippen LogP contribution is 2.29. The van der Waals surface area contributed by atoms with Crippen LogP contribution in [0.25, 0.3) is 44.7 Å². The monoisotopic (exact) mass is 370 g/mol. The number of carbonyl (C=O) groups is 1. The van der Waals surface area contributed by atoms with Crippen LogP contribution in [0.5, 0.6) is 0 Å². The molecule has 5 rings (SSSR count). The van der Waals surface area contributed by atoms with Crippen molar-refractivity contribution in [2.24, 2.45) is 0 Å². The topological polar surface area (TPSA) is 109 Å². The number of nitrogens with zero attached hydrogens (tertiary/aromatic N) is 4. The number of carbonyl (C=O) groups excluding carboxylic acids is 1. The molecule has 0 bridgehead atoms. The fourth-order valence-electron chi connectivity index (χ4n) is 3.14. The third-order valence-electron chi connectivity index (χ3n) is 4.54. The molecule has 136 valence electrons. The third-order valence-corrected chi connectivity index (χ3v) is 4.54. The Bertz CT molecular complexity index is 1320. The minimum Gasteiger partial charge on any atom is -0.465 e. The molecule has 0 aliphatic carbocycles. The highest BCUT2D eigenvalue weighted by Gasteiger charge is 2.15. The molecule has 0 atom stereocenters. The molecule has 0 unspecified atom stereocenters. The van der Waals surface area contributed by atoms with Crippen LogP contribution in [-0.4, -0.2) is 43.2 Å². The number of pyridine rings is 2. The number of hydrogen-bond donors (Lipinski definition) is 2. The van der Waals surface area contributed by atoms with E-state index in [4.69, 9.17) is 4.74 Å². The van der Waals surface area contributed by atoms with E-state index in [-0.39, 0.29) is 0 Å². The van der Waals surface area contributed by atoms with Crippen molar-refractivity contribution in [1.29, 1.82) is 0 Å². The zero-order chi connectivity index (χ0) is 19.1. The van der Waals surface area contributed by atoms with Gasteiger partial charge in [0.15, 0.2) is 11.5 Å². The lowest BCUT2D eigenvalue weighted by Gasteiger charge is -2.00. The number of aromatic amines is 2. The minimum absolute atomic E-state index is 0.401. The molecule has 0 spiro atoms. The molecule has 28 heavy (non-hydrogen) atoms. The second-order valence-electron chi connectivity index (χ2n) is 6.24. The fourth-order valence-corrected chi connectivity index (χ4v) is 3.14. The van der Waals surface area contributed by atoms with Gasteiger partial charge in [0.2, 0.25) is 0 Å². The predicted octanol–water partition coefficient (Wildman–Crippen LogP) is 3.35. The molecule has 0 saturated heterocycles. The maximum Gasteiger partial charge on any atom is 0.337 e. The average Bonchev–Trinajstić information content (AvgIpc) is 3.36. The number of imidazole rings is 1. The van der Waals surface area contributed by atoms with Gasteiger partial charge in [0.25, 0.3) is 0 Å². The Kier molecular flexibility index (Phi) is 3.61. The molecular formula is C20H14N6O2. The number of hydrogen-bond acceptors (Lipinski definition) is 6. The second kappa shape index (κ2) is 6.27. The zero-order valence-electron chi connectivity index (χ0n) is 14.8. The lowest BCUT2D eigenvalue weighted by Crippen LogP contribution is -2.00. The van der Waals surface area contributed by atoms with Gasteiger partial charge in [-0.25, -0.2) is 14.8 Å². The molecule has 0 amide bonds. The summed E-state index contributed by atoms with van der Waals surface area (Å²) in [4.78, 5) is 28.2. The van der Waals surface area contributed by atoms with Gasteiger partial charge in [0.05, 0.1) is 29.1 Å². The van der Waals surface area contributed by atoms with E-state index >= 15 is 0 Å². The van der Waals surface area contributed by atoms with Gasteiger partial charge in [-0.05, 0) is 30.3 Å². The average molecular weight is 370 g/mol. The van der Waals surface area contributed by atoms with Crippen molar-refractivity contribution < 1.29 is 9.53 Å². The van der Waals surface area contributed by atoms with E-state index < -0.39 is 5.97 Å². The van der Waals surface area contributed by atoms with Gasteiger partial charge in [-0.3, -0.25) is 10.1 Å². The first-order valence-electron chi connectivity index (χ1n) is 8.56. The van der Waals surface area contributed by atoms with Crippen LogP contribution in [0.2, 0.25) is 0 Å². The maximum absolute atomic E-state index is 11.7. The first-order valence-corrected chi connectivity index (χ1v) is 8.56. The highest BCUT2D eigenvalue weighted by molar-refractivity contribution is 5.96. The summed E-state index contributed by atoms with van der Waals surface area (Å²) in [6.07, 6.45) is 5.30. The van der Waals surface area contributed by atoms with Gasteiger partial charge >= 0.3 is 5.97 Å². The smallest absolute Gasteiger partial charge is 0.337 e. The molecule has 0 radical (unpaired) electrons. The first-order chi connectivity index (χ1) is 13.7. The number of nitrogens with one attached hydrogen (secondary N) is 2. The van der Waals surface area contributed by atoms with Crippen LogP contribution in [0, 0.1) is 0 Å². The Hall–Kier alpha value is -4.07. The number of fused-ring (bicyclic) bond motifs is 2. The summed E-state index contributed by atoms with van der Waals surface area (Å²) in [6, 6.07) is 11.0. The van der Waals surface area contributed by atoms with E-state index in [2.05, 4.69) is 30.1 Å². The molecule has 0 saturated carbocycles. The maximum atomic E-state index is 11.7. The summed E-state index contributed by atoms with van der Waals surface area (Å²) in [5.74, 6) is 0.190. The van der Waals surface area contributed by atoms with E-state index in [0.29, 0.717) is 28.2 Å². The van der Waals surface area contributed by atoms with E-state index in [1.54, 1.807) is 36.8 Å².